The lowest BCUT2D eigenvalue weighted by Gasteiger charge is -2.24. The first kappa shape index (κ1) is 31.6. The van der Waals surface area contributed by atoms with E-state index in [4.69, 9.17) is 46.9 Å². The fourth-order valence-electron chi connectivity index (χ4n) is 4.52. The van der Waals surface area contributed by atoms with E-state index >= 15 is 4.39 Å². The minimum atomic E-state index is -4.35. The molecule has 4 N–H and O–H groups in total. The molecule has 6 atom stereocenters. The lowest BCUT2D eigenvalue weighted by Crippen LogP contribution is -2.32. The van der Waals surface area contributed by atoms with Gasteiger partial charge in [0.1, 0.15) is 24.6 Å². The Kier molecular flexibility index (Phi) is 8.77. The molecule has 0 radical (unpaired) electrons. The van der Waals surface area contributed by atoms with E-state index < -0.39 is 56.9 Å². The SMILES string of the molecule is C.[C-]#[N+]c1cnc2c(c1)nc1n2CCOP(O)(=S)OC[C@H]2O[C@@H](n3cnc4c(=O)[nH]c(N)nc43)[C@H](OP(=O)(S)OC1)[C@@H]2F. The molecule has 230 valence electrons. The van der Waals surface area contributed by atoms with Gasteiger partial charge in [0.2, 0.25) is 11.6 Å². The van der Waals surface area contributed by atoms with E-state index in [0.717, 1.165) is 6.33 Å². The molecule has 2 unspecified atom stereocenters. The van der Waals surface area contributed by atoms with Crippen LogP contribution in [-0.2, 0) is 52.4 Å². The fraction of sp³-hybridized carbons (Fsp3) is 0.429. The van der Waals surface area contributed by atoms with Crippen LogP contribution in [0.5, 0.6) is 0 Å². The third-order valence-electron chi connectivity index (χ3n) is 6.35. The molecule has 2 aliphatic rings. The monoisotopic (exact) mass is 675 g/mol. The number of aromatic amines is 1. The number of nitrogens with one attached hydrogen (secondary N) is 1. The van der Waals surface area contributed by atoms with E-state index in [2.05, 4.69) is 42.0 Å². The number of pyridine rings is 1. The van der Waals surface area contributed by atoms with Crippen molar-refractivity contribution in [1.29, 1.82) is 0 Å². The van der Waals surface area contributed by atoms with Crippen molar-refractivity contribution < 1.29 is 36.7 Å². The highest BCUT2D eigenvalue weighted by molar-refractivity contribution is 8.44. The van der Waals surface area contributed by atoms with Crippen LogP contribution in [0.4, 0.5) is 16.0 Å². The Morgan fingerprint density at radius 3 is 2.84 bits per heavy atom. The molecule has 0 spiro atoms. The standard InChI is InChI=1S/C20H20FN9O8P2S2.CH4/c1-23-9-4-10-16(24-5-9)29-2-3-34-39(32,41)35-6-11-13(21)15(38-40(33,42)36-7-12(29)26-10)19(37-11)30-8-25-14-17(30)27-20(22)28-18(14)31;/h4-5,8,11,13,15,19H,2-3,6-7H2,(H,32,41)(H,33,42)(H3,22,27,28,31);1H4/t11-,13-,15-,19-,39?,40?;/m1./s1. The number of fused-ring (bicyclic) bond motifs is 6. The molecule has 4 aromatic heterocycles. The van der Waals surface area contributed by atoms with Crippen LogP contribution in [0.15, 0.2) is 23.4 Å². The zero-order valence-corrected chi connectivity index (χ0v) is 24.5. The minimum absolute atomic E-state index is 0. The number of aromatic nitrogens is 7. The first-order chi connectivity index (χ1) is 19.9. The van der Waals surface area contributed by atoms with Crippen molar-refractivity contribution in [1.82, 2.24) is 34.1 Å². The van der Waals surface area contributed by atoms with Crippen LogP contribution in [0.3, 0.4) is 0 Å². The molecule has 1 fully saturated rings. The average Bonchev–Trinajstić information content (AvgIpc) is 3.59. The van der Waals surface area contributed by atoms with E-state index in [0.29, 0.717) is 11.2 Å². The topological polar surface area (TPSA) is 208 Å². The van der Waals surface area contributed by atoms with Crippen LogP contribution in [0.1, 0.15) is 19.5 Å². The van der Waals surface area contributed by atoms with Crippen molar-refractivity contribution >= 4 is 71.5 Å². The third kappa shape index (κ3) is 6.24. The van der Waals surface area contributed by atoms with Crippen LogP contribution < -0.4 is 11.3 Å². The normalized spacial score (nSPS) is 30.2. The number of alkyl halides is 1. The predicted octanol–water partition coefficient (Wildman–Crippen LogP) is 2.77. The molecule has 2 aliphatic heterocycles. The smallest absolute Gasteiger partial charge is 0.369 e. The minimum Gasteiger partial charge on any atom is -0.369 e. The maximum atomic E-state index is 15.8. The van der Waals surface area contributed by atoms with E-state index in [1.165, 1.54) is 16.8 Å². The van der Waals surface area contributed by atoms with Crippen LogP contribution in [0, 0.1) is 6.57 Å². The van der Waals surface area contributed by atoms with E-state index in [1.807, 2.05) is 0 Å². The van der Waals surface area contributed by atoms with Gasteiger partial charge in [-0.3, -0.25) is 23.4 Å². The molecule has 4 aromatic rings. The summed E-state index contributed by atoms with van der Waals surface area (Å²) in [6.45, 7) is -2.16. The van der Waals surface area contributed by atoms with Gasteiger partial charge in [-0.05, 0) is 17.9 Å². The number of nitrogens with two attached hydrogens (primary N) is 1. The number of hydrogen-bond acceptors (Lipinski definition) is 13. The summed E-state index contributed by atoms with van der Waals surface area (Å²) in [5.41, 5.74) is 5.76. The number of nitrogens with zero attached hydrogens (tertiary/aromatic N) is 7. The summed E-state index contributed by atoms with van der Waals surface area (Å²) in [5.74, 6) is -0.0467. The predicted molar refractivity (Wildman–Crippen MR) is 157 cm³/mol. The molecule has 1 saturated heterocycles. The van der Waals surface area contributed by atoms with Crippen molar-refractivity contribution in [2.75, 3.05) is 18.9 Å². The van der Waals surface area contributed by atoms with Gasteiger partial charge < -0.3 is 29.0 Å². The Morgan fingerprint density at radius 2 is 2.07 bits per heavy atom. The Labute approximate surface area is 252 Å². The molecule has 6 heterocycles. The summed E-state index contributed by atoms with van der Waals surface area (Å²) in [6, 6.07) is 1.50. The van der Waals surface area contributed by atoms with Crippen LogP contribution >= 0.6 is 25.8 Å². The summed E-state index contributed by atoms with van der Waals surface area (Å²) in [6.07, 6.45) is -4.01. The Morgan fingerprint density at radius 1 is 1.28 bits per heavy atom. The van der Waals surface area contributed by atoms with E-state index in [-0.39, 0.29) is 49.2 Å². The van der Waals surface area contributed by atoms with Gasteiger partial charge in [-0.15, -0.1) is 0 Å². The van der Waals surface area contributed by atoms with E-state index in [9.17, 15) is 14.3 Å². The maximum Gasteiger partial charge on any atom is 0.387 e. The van der Waals surface area contributed by atoms with Gasteiger partial charge in [-0.25, -0.2) is 28.8 Å². The van der Waals surface area contributed by atoms with Crippen LogP contribution in [-0.4, -0.2) is 70.5 Å². The van der Waals surface area contributed by atoms with Crippen molar-refractivity contribution in [3.63, 3.8) is 0 Å². The molecule has 22 heteroatoms. The number of H-pyrrole nitrogens is 1. The average molecular weight is 676 g/mol. The van der Waals surface area contributed by atoms with Crippen LogP contribution in [0.25, 0.3) is 27.2 Å². The highest BCUT2D eigenvalue weighted by Gasteiger charge is 2.51. The zero-order chi connectivity index (χ0) is 29.8. The maximum absolute atomic E-state index is 15.8. The Bertz CT molecular complexity index is 1900. The van der Waals surface area contributed by atoms with Gasteiger partial charge in [-0.1, -0.05) is 19.7 Å². The number of halogens is 1. The largest absolute Gasteiger partial charge is 0.387 e. The number of hydrogen-bond donors (Lipinski definition) is 4. The highest BCUT2D eigenvalue weighted by Crippen LogP contribution is 2.58. The molecule has 0 amide bonds. The fourth-order valence-corrected chi connectivity index (χ4v) is 7.02. The quantitative estimate of drug-likeness (QED) is 0.130. The van der Waals surface area contributed by atoms with E-state index in [1.54, 1.807) is 4.57 Å². The molecule has 17 nitrogen and oxygen atoms in total. The number of imidazole rings is 2. The molecule has 43 heavy (non-hydrogen) atoms. The summed E-state index contributed by atoms with van der Waals surface area (Å²) in [7, 11) is 0. The lowest BCUT2D eigenvalue weighted by molar-refractivity contribution is -0.0453. The number of rotatable bonds is 1. The first-order valence-corrected chi connectivity index (χ1v) is 17.3. The Balaban J connectivity index is 0.00000368. The van der Waals surface area contributed by atoms with Crippen molar-refractivity contribution in [2.45, 2.75) is 45.2 Å². The molecular weight excluding hydrogens is 651 g/mol. The molecular formula is C21H24FN9O8P2S2. The van der Waals surface area contributed by atoms with Gasteiger partial charge in [-0.2, -0.15) is 4.98 Å². The molecule has 0 saturated carbocycles. The summed E-state index contributed by atoms with van der Waals surface area (Å²) < 4.78 is 59.7. The number of nitrogen functional groups attached to an aromatic ring is 1. The van der Waals surface area contributed by atoms with Crippen molar-refractivity contribution in [2.24, 2.45) is 0 Å². The highest BCUT2D eigenvalue weighted by atomic mass is 32.7. The van der Waals surface area contributed by atoms with Crippen LogP contribution in [0.2, 0.25) is 0 Å². The molecule has 2 bridgehead atoms. The number of ether oxygens (including phenoxy) is 1. The summed E-state index contributed by atoms with van der Waals surface area (Å²) in [5, 5.41) is 0. The summed E-state index contributed by atoms with van der Waals surface area (Å²) in [4.78, 5) is 45.3. The number of anilines is 1. The van der Waals surface area contributed by atoms with Gasteiger partial charge in [0.25, 0.3) is 5.56 Å². The van der Waals surface area contributed by atoms with Crippen molar-refractivity contribution in [3.05, 3.63) is 46.2 Å². The lowest BCUT2D eigenvalue weighted by atomic mass is 10.1. The first-order valence-electron chi connectivity index (χ1n) is 12.0. The van der Waals surface area contributed by atoms with Gasteiger partial charge in [0.15, 0.2) is 29.2 Å². The van der Waals surface area contributed by atoms with Gasteiger partial charge >= 0.3 is 13.5 Å². The van der Waals surface area contributed by atoms with Crippen molar-refractivity contribution in [3.8, 4) is 0 Å². The molecule has 0 aliphatic carbocycles. The van der Waals surface area contributed by atoms with Gasteiger partial charge in [0, 0.05) is 12.7 Å². The summed E-state index contributed by atoms with van der Waals surface area (Å²) >= 11 is 9.14. The molecule has 6 rings (SSSR count). The Hall–Kier alpha value is -2.82. The zero-order valence-electron chi connectivity index (χ0n) is 21.0. The molecule has 0 aromatic carbocycles. The third-order valence-corrected chi connectivity index (χ3v) is 9.56. The second-order valence-corrected chi connectivity index (χ2v) is 14.7. The second kappa shape index (κ2) is 11.9. The number of thiol groups is 1. The second-order valence-electron chi connectivity index (χ2n) is 9.02. The van der Waals surface area contributed by atoms with Gasteiger partial charge in [0.05, 0.1) is 31.6 Å².